The van der Waals surface area contributed by atoms with Crippen LogP contribution in [-0.4, -0.2) is 60.5 Å². The Hall–Kier alpha value is -1.95. The van der Waals surface area contributed by atoms with Crippen molar-refractivity contribution in [3.63, 3.8) is 0 Å². The van der Waals surface area contributed by atoms with Crippen molar-refractivity contribution in [1.29, 1.82) is 0 Å². The van der Waals surface area contributed by atoms with Crippen LogP contribution in [0.1, 0.15) is 10.4 Å². The molecule has 106 valence electrons. The van der Waals surface area contributed by atoms with Crippen molar-refractivity contribution in [2.75, 3.05) is 26.7 Å². The first kappa shape index (κ1) is 13.1. The van der Waals surface area contributed by atoms with Gasteiger partial charge in [0.05, 0.1) is 12.1 Å². The predicted molar refractivity (Wildman–Crippen MR) is 68.6 cm³/mol. The highest BCUT2D eigenvalue weighted by atomic mass is 19.1. The van der Waals surface area contributed by atoms with E-state index in [4.69, 9.17) is 4.74 Å². The van der Waals surface area contributed by atoms with Crippen LogP contribution in [0, 0.1) is 5.82 Å². The fourth-order valence-corrected chi connectivity index (χ4v) is 2.70. The van der Waals surface area contributed by atoms with Crippen molar-refractivity contribution in [3.8, 4) is 0 Å². The Bertz CT molecular complexity index is 546. The average Bonchev–Trinajstić information content (AvgIpc) is 2.88. The molecule has 5 nitrogen and oxygen atoms in total. The standard InChI is InChI=1S/C14H15FN2O3/c1-16-11-6-17(7-12(11)20-8-13(16)18)14(19)9-2-4-10(15)5-3-9/h2-5,11-12H,6-8H2,1H3. The minimum absolute atomic E-state index is 0.0657. The van der Waals surface area contributed by atoms with Gasteiger partial charge in [0.2, 0.25) is 5.91 Å². The van der Waals surface area contributed by atoms with Gasteiger partial charge >= 0.3 is 0 Å². The number of amides is 2. The molecule has 6 heteroatoms. The first-order chi connectivity index (χ1) is 9.56. The van der Waals surface area contributed by atoms with Gasteiger partial charge in [0.1, 0.15) is 12.4 Å². The maximum absolute atomic E-state index is 12.9. The van der Waals surface area contributed by atoms with E-state index in [1.54, 1.807) is 16.8 Å². The molecular formula is C14H15FN2O3. The summed E-state index contributed by atoms with van der Waals surface area (Å²) in [6, 6.07) is 5.37. The first-order valence-corrected chi connectivity index (χ1v) is 6.48. The van der Waals surface area contributed by atoms with Crippen molar-refractivity contribution in [2.24, 2.45) is 0 Å². The van der Waals surface area contributed by atoms with Crippen LogP contribution in [0.3, 0.4) is 0 Å². The molecule has 2 amide bonds. The number of halogens is 1. The van der Waals surface area contributed by atoms with Crippen LogP contribution in [-0.2, 0) is 9.53 Å². The highest BCUT2D eigenvalue weighted by Gasteiger charge is 2.43. The van der Waals surface area contributed by atoms with E-state index < -0.39 is 0 Å². The normalized spacial score (nSPS) is 25.8. The highest BCUT2D eigenvalue weighted by molar-refractivity contribution is 5.94. The lowest BCUT2D eigenvalue weighted by Crippen LogP contribution is -2.51. The molecule has 1 aromatic rings. The fourth-order valence-electron chi connectivity index (χ4n) is 2.70. The molecule has 2 saturated heterocycles. The molecule has 0 bridgehead atoms. The summed E-state index contributed by atoms with van der Waals surface area (Å²) in [4.78, 5) is 27.2. The third-order valence-corrected chi connectivity index (χ3v) is 3.93. The van der Waals surface area contributed by atoms with Gasteiger partial charge in [0, 0.05) is 25.7 Å². The largest absolute Gasteiger partial charge is 0.364 e. The summed E-state index contributed by atoms with van der Waals surface area (Å²) >= 11 is 0. The summed E-state index contributed by atoms with van der Waals surface area (Å²) in [6.07, 6.45) is -0.137. The maximum Gasteiger partial charge on any atom is 0.254 e. The highest BCUT2D eigenvalue weighted by Crippen LogP contribution is 2.23. The summed E-state index contributed by atoms with van der Waals surface area (Å²) in [5.41, 5.74) is 0.444. The molecule has 20 heavy (non-hydrogen) atoms. The van der Waals surface area contributed by atoms with Gasteiger partial charge in [0.25, 0.3) is 5.91 Å². The third-order valence-electron chi connectivity index (χ3n) is 3.93. The van der Waals surface area contributed by atoms with E-state index in [2.05, 4.69) is 0 Å². The van der Waals surface area contributed by atoms with Gasteiger partial charge in [-0.15, -0.1) is 0 Å². The molecule has 2 aliphatic heterocycles. The zero-order valence-electron chi connectivity index (χ0n) is 11.1. The Morgan fingerprint density at radius 1 is 1.30 bits per heavy atom. The van der Waals surface area contributed by atoms with Crippen molar-refractivity contribution >= 4 is 11.8 Å². The molecule has 0 aliphatic carbocycles. The molecule has 2 heterocycles. The van der Waals surface area contributed by atoms with Crippen molar-refractivity contribution < 1.29 is 18.7 Å². The van der Waals surface area contributed by atoms with Crippen LogP contribution in [0.4, 0.5) is 4.39 Å². The number of ether oxygens (including phenoxy) is 1. The Morgan fingerprint density at radius 2 is 2.00 bits per heavy atom. The molecule has 0 N–H and O–H groups in total. The van der Waals surface area contributed by atoms with Crippen molar-refractivity contribution in [2.45, 2.75) is 12.1 Å². The number of likely N-dealkylation sites (N-methyl/N-ethyl adjacent to an activating group) is 1. The second kappa shape index (κ2) is 4.86. The van der Waals surface area contributed by atoms with Crippen LogP contribution in [0.5, 0.6) is 0 Å². The molecule has 2 aliphatic rings. The minimum Gasteiger partial charge on any atom is -0.364 e. The molecule has 2 atom stereocenters. The summed E-state index contributed by atoms with van der Waals surface area (Å²) in [6.45, 7) is 0.970. The maximum atomic E-state index is 12.9. The van der Waals surface area contributed by atoms with Crippen LogP contribution in [0.2, 0.25) is 0 Å². The number of hydrogen-bond acceptors (Lipinski definition) is 3. The second-order valence-corrected chi connectivity index (χ2v) is 5.14. The number of fused-ring (bicyclic) bond motifs is 1. The first-order valence-electron chi connectivity index (χ1n) is 6.48. The molecule has 0 saturated carbocycles. The van der Waals surface area contributed by atoms with Gasteiger partial charge in [0.15, 0.2) is 0 Å². The lowest BCUT2D eigenvalue weighted by molar-refractivity contribution is -0.150. The molecule has 0 spiro atoms. The minimum atomic E-state index is -0.370. The van der Waals surface area contributed by atoms with E-state index >= 15 is 0 Å². The Morgan fingerprint density at radius 3 is 2.70 bits per heavy atom. The van der Waals surface area contributed by atoms with E-state index in [0.717, 1.165) is 0 Å². The molecule has 0 radical (unpaired) electrons. The van der Waals surface area contributed by atoms with E-state index in [9.17, 15) is 14.0 Å². The summed E-state index contributed by atoms with van der Waals surface area (Å²) in [5.74, 6) is -0.600. The van der Waals surface area contributed by atoms with Gasteiger partial charge in [-0.1, -0.05) is 0 Å². The SMILES string of the molecule is CN1C(=O)COC2CN(C(=O)c3ccc(F)cc3)CC21. The van der Waals surface area contributed by atoms with Gasteiger partial charge < -0.3 is 14.5 Å². The number of likely N-dealkylation sites (tertiary alicyclic amines) is 1. The quantitative estimate of drug-likeness (QED) is 0.752. The molecule has 2 fully saturated rings. The van der Waals surface area contributed by atoms with Crippen molar-refractivity contribution in [3.05, 3.63) is 35.6 Å². The second-order valence-electron chi connectivity index (χ2n) is 5.14. The van der Waals surface area contributed by atoms with Gasteiger partial charge in [-0.25, -0.2) is 4.39 Å². The number of morpholine rings is 1. The van der Waals surface area contributed by atoms with E-state index in [1.165, 1.54) is 24.3 Å². The monoisotopic (exact) mass is 278 g/mol. The van der Waals surface area contributed by atoms with Crippen LogP contribution in [0.25, 0.3) is 0 Å². The zero-order valence-corrected chi connectivity index (χ0v) is 11.1. The Kier molecular flexibility index (Phi) is 3.17. The van der Waals surface area contributed by atoms with Gasteiger partial charge in [-0.05, 0) is 24.3 Å². The Balaban J connectivity index is 1.75. The lowest BCUT2D eigenvalue weighted by Gasteiger charge is -2.33. The van der Waals surface area contributed by atoms with E-state index in [0.29, 0.717) is 18.7 Å². The van der Waals surface area contributed by atoms with Crippen molar-refractivity contribution in [1.82, 2.24) is 9.80 Å². The average molecular weight is 278 g/mol. The molecule has 3 rings (SSSR count). The van der Waals surface area contributed by atoms with E-state index in [-0.39, 0.29) is 36.4 Å². The summed E-state index contributed by atoms with van der Waals surface area (Å²) in [5, 5.41) is 0. The lowest BCUT2D eigenvalue weighted by atomic mass is 10.1. The third kappa shape index (κ3) is 2.16. The molecular weight excluding hydrogens is 263 g/mol. The smallest absolute Gasteiger partial charge is 0.254 e. The number of carbonyl (C=O) groups is 2. The number of rotatable bonds is 1. The number of nitrogens with zero attached hydrogens (tertiary/aromatic N) is 2. The van der Waals surface area contributed by atoms with E-state index in [1.807, 2.05) is 0 Å². The zero-order chi connectivity index (χ0) is 14.3. The summed E-state index contributed by atoms with van der Waals surface area (Å²) < 4.78 is 18.3. The fraction of sp³-hybridized carbons (Fsp3) is 0.429. The summed E-state index contributed by atoms with van der Waals surface area (Å²) in [7, 11) is 1.73. The predicted octanol–water partition coefficient (Wildman–Crippen LogP) is 0.507. The van der Waals surface area contributed by atoms with Gasteiger partial charge in [-0.3, -0.25) is 9.59 Å². The van der Waals surface area contributed by atoms with Crippen LogP contribution in [0.15, 0.2) is 24.3 Å². The number of benzene rings is 1. The van der Waals surface area contributed by atoms with Gasteiger partial charge in [-0.2, -0.15) is 0 Å². The molecule has 1 aromatic carbocycles. The number of carbonyl (C=O) groups excluding carboxylic acids is 2. The van der Waals surface area contributed by atoms with Crippen LogP contribution < -0.4 is 0 Å². The Labute approximate surface area is 115 Å². The number of hydrogen-bond donors (Lipinski definition) is 0. The molecule has 2 unspecified atom stereocenters. The van der Waals surface area contributed by atoms with Crippen LogP contribution >= 0.6 is 0 Å². The molecule has 0 aromatic heterocycles. The topological polar surface area (TPSA) is 49.9 Å².